The molecule has 1 fully saturated rings. The standard InChI is InChI=1S/C13H23N5O2/c1-3-4-11-12(17-14)15-8-16-13(11)18-5-10(6-19)20-7-9(18)2/h8-10,19H,3-7,14H2,1-2H3,(H,15,16,17). The number of rotatable bonds is 5. The lowest BCUT2D eigenvalue weighted by atomic mass is 10.1. The number of nitrogen functional groups attached to an aromatic ring is 1. The molecule has 1 aliphatic heterocycles. The molecule has 2 unspecified atom stereocenters. The molecule has 0 saturated carbocycles. The number of anilines is 2. The summed E-state index contributed by atoms with van der Waals surface area (Å²) in [4.78, 5) is 10.8. The molecule has 2 heterocycles. The lowest BCUT2D eigenvalue weighted by molar-refractivity contribution is -0.0106. The predicted molar refractivity (Wildman–Crippen MR) is 77.5 cm³/mol. The van der Waals surface area contributed by atoms with Crippen molar-refractivity contribution in [2.75, 3.05) is 30.1 Å². The fraction of sp³-hybridized carbons (Fsp3) is 0.692. The zero-order valence-corrected chi connectivity index (χ0v) is 12.0. The first kappa shape index (κ1) is 15.0. The van der Waals surface area contributed by atoms with Gasteiger partial charge >= 0.3 is 0 Å². The Hall–Kier alpha value is -1.44. The van der Waals surface area contributed by atoms with Gasteiger partial charge in [0.05, 0.1) is 25.4 Å². The Morgan fingerprint density at radius 1 is 1.55 bits per heavy atom. The number of hydrogen-bond acceptors (Lipinski definition) is 7. The van der Waals surface area contributed by atoms with E-state index in [0.717, 1.165) is 24.2 Å². The zero-order chi connectivity index (χ0) is 14.5. The van der Waals surface area contributed by atoms with E-state index in [4.69, 9.17) is 10.6 Å². The maximum absolute atomic E-state index is 9.30. The third-order valence-electron chi connectivity index (χ3n) is 3.54. The summed E-state index contributed by atoms with van der Waals surface area (Å²) in [5.74, 6) is 7.09. The largest absolute Gasteiger partial charge is 0.394 e. The number of hydrogen-bond donors (Lipinski definition) is 3. The number of nitrogens with two attached hydrogens (primary N) is 1. The molecule has 112 valence electrons. The van der Waals surface area contributed by atoms with Crippen LogP contribution in [-0.2, 0) is 11.2 Å². The first-order valence-corrected chi connectivity index (χ1v) is 7.00. The Balaban J connectivity index is 2.34. The minimum atomic E-state index is -0.176. The van der Waals surface area contributed by atoms with E-state index in [1.165, 1.54) is 6.33 Å². The number of aromatic nitrogens is 2. The Morgan fingerprint density at radius 2 is 2.35 bits per heavy atom. The van der Waals surface area contributed by atoms with Gasteiger partial charge in [-0.25, -0.2) is 15.8 Å². The molecule has 1 aromatic rings. The highest BCUT2D eigenvalue weighted by atomic mass is 16.5. The second-order valence-corrected chi connectivity index (χ2v) is 5.06. The quantitative estimate of drug-likeness (QED) is 0.527. The predicted octanol–water partition coefficient (Wildman–Crippen LogP) is 0.301. The monoisotopic (exact) mass is 281 g/mol. The molecule has 2 rings (SSSR count). The van der Waals surface area contributed by atoms with Crippen molar-refractivity contribution in [1.82, 2.24) is 9.97 Å². The molecule has 1 aromatic heterocycles. The van der Waals surface area contributed by atoms with Gasteiger partial charge in [0, 0.05) is 12.1 Å². The van der Waals surface area contributed by atoms with Crippen molar-refractivity contribution in [1.29, 1.82) is 0 Å². The van der Waals surface area contributed by atoms with E-state index in [0.29, 0.717) is 19.0 Å². The fourth-order valence-electron chi connectivity index (χ4n) is 2.48. The van der Waals surface area contributed by atoms with Gasteiger partial charge in [-0.3, -0.25) is 0 Å². The van der Waals surface area contributed by atoms with Crippen LogP contribution in [0.5, 0.6) is 0 Å². The molecule has 1 aliphatic rings. The summed E-state index contributed by atoms with van der Waals surface area (Å²) in [7, 11) is 0. The molecule has 2 atom stereocenters. The minimum absolute atomic E-state index is 0.0133. The van der Waals surface area contributed by atoms with Crippen molar-refractivity contribution in [2.45, 2.75) is 38.8 Å². The van der Waals surface area contributed by atoms with Crippen molar-refractivity contribution in [3.8, 4) is 0 Å². The number of hydrazine groups is 1. The second kappa shape index (κ2) is 6.83. The van der Waals surface area contributed by atoms with Crippen molar-refractivity contribution in [3.05, 3.63) is 11.9 Å². The molecule has 20 heavy (non-hydrogen) atoms. The molecule has 0 spiro atoms. The fourth-order valence-corrected chi connectivity index (χ4v) is 2.48. The molecular weight excluding hydrogens is 258 g/mol. The van der Waals surface area contributed by atoms with E-state index in [1.54, 1.807) is 0 Å². The average molecular weight is 281 g/mol. The number of morpholine rings is 1. The van der Waals surface area contributed by atoms with Crippen LogP contribution in [0.3, 0.4) is 0 Å². The molecule has 7 nitrogen and oxygen atoms in total. The van der Waals surface area contributed by atoms with Crippen molar-refractivity contribution < 1.29 is 9.84 Å². The molecule has 0 aromatic carbocycles. The molecule has 0 amide bonds. The maximum Gasteiger partial charge on any atom is 0.148 e. The molecule has 0 bridgehead atoms. The van der Waals surface area contributed by atoms with Gasteiger partial charge in [0.2, 0.25) is 0 Å². The normalized spacial score (nSPS) is 22.9. The first-order chi connectivity index (χ1) is 9.71. The first-order valence-electron chi connectivity index (χ1n) is 7.00. The number of aliphatic hydroxyl groups excluding tert-OH is 1. The van der Waals surface area contributed by atoms with E-state index in [-0.39, 0.29) is 18.8 Å². The summed E-state index contributed by atoms with van der Waals surface area (Å²) in [5, 5.41) is 9.30. The van der Waals surface area contributed by atoms with Crippen LogP contribution in [0.1, 0.15) is 25.8 Å². The Bertz CT molecular complexity index is 443. The SMILES string of the molecule is CCCc1c(NN)ncnc1N1CC(CO)OCC1C. The van der Waals surface area contributed by atoms with E-state index < -0.39 is 0 Å². The minimum Gasteiger partial charge on any atom is -0.394 e. The van der Waals surface area contributed by atoms with Crippen LogP contribution in [0.25, 0.3) is 0 Å². The van der Waals surface area contributed by atoms with Crippen LogP contribution in [0, 0.1) is 0 Å². The molecule has 4 N–H and O–H groups in total. The highest BCUT2D eigenvalue weighted by Gasteiger charge is 2.28. The van der Waals surface area contributed by atoms with E-state index in [9.17, 15) is 5.11 Å². The van der Waals surface area contributed by atoms with Gasteiger partial charge in [-0.15, -0.1) is 0 Å². The van der Waals surface area contributed by atoms with Gasteiger partial charge < -0.3 is 20.2 Å². The van der Waals surface area contributed by atoms with Crippen LogP contribution in [0.2, 0.25) is 0 Å². The second-order valence-electron chi connectivity index (χ2n) is 5.06. The number of nitrogens with one attached hydrogen (secondary N) is 1. The summed E-state index contributed by atoms with van der Waals surface area (Å²) in [6.45, 7) is 5.40. The Kier molecular flexibility index (Phi) is 5.11. The number of nitrogens with zero attached hydrogens (tertiary/aromatic N) is 3. The van der Waals surface area contributed by atoms with Gasteiger partial charge in [-0.1, -0.05) is 13.3 Å². The summed E-state index contributed by atoms with van der Waals surface area (Å²) < 4.78 is 5.57. The maximum atomic E-state index is 9.30. The summed E-state index contributed by atoms with van der Waals surface area (Å²) in [5.41, 5.74) is 3.66. The molecule has 0 radical (unpaired) electrons. The van der Waals surface area contributed by atoms with Gasteiger partial charge in [0.15, 0.2) is 0 Å². The van der Waals surface area contributed by atoms with Crippen molar-refractivity contribution >= 4 is 11.6 Å². The lowest BCUT2D eigenvalue weighted by Crippen LogP contribution is -2.50. The number of ether oxygens (including phenoxy) is 1. The van der Waals surface area contributed by atoms with Crippen LogP contribution in [0.4, 0.5) is 11.6 Å². The van der Waals surface area contributed by atoms with Crippen molar-refractivity contribution in [2.24, 2.45) is 5.84 Å². The van der Waals surface area contributed by atoms with Gasteiger partial charge in [-0.05, 0) is 13.3 Å². The summed E-state index contributed by atoms with van der Waals surface area (Å²) >= 11 is 0. The molecular formula is C13H23N5O2. The van der Waals surface area contributed by atoms with E-state index in [1.807, 2.05) is 0 Å². The zero-order valence-electron chi connectivity index (χ0n) is 12.0. The van der Waals surface area contributed by atoms with Crippen LogP contribution in [-0.4, -0.2) is 47.0 Å². The van der Waals surface area contributed by atoms with E-state index >= 15 is 0 Å². The van der Waals surface area contributed by atoms with Gasteiger partial charge in [-0.2, -0.15) is 0 Å². The molecule has 0 aliphatic carbocycles. The van der Waals surface area contributed by atoms with Crippen LogP contribution in [0.15, 0.2) is 6.33 Å². The van der Waals surface area contributed by atoms with Crippen LogP contribution >= 0.6 is 0 Å². The third kappa shape index (κ3) is 3.00. The smallest absolute Gasteiger partial charge is 0.148 e. The highest BCUT2D eigenvalue weighted by Crippen LogP contribution is 2.28. The van der Waals surface area contributed by atoms with Gasteiger partial charge in [0.25, 0.3) is 0 Å². The highest BCUT2D eigenvalue weighted by molar-refractivity contribution is 5.59. The average Bonchev–Trinajstić information content (AvgIpc) is 2.48. The summed E-state index contributed by atoms with van der Waals surface area (Å²) in [6.07, 6.45) is 3.17. The van der Waals surface area contributed by atoms with Crippen LogP contribution < -0.4 is 16.2 Å². The summed E-state index contributed by atoms with van der Waals surface area (Å²) in [6, 6.07) is 0.203. The Labute approximate surface area is 119 Å². The van der Waals surface area contributed by atoms with E-state index in [2.05, 4.69) is 34.1 Å². The molecule has 1 saturated heterocycles. The Morgan fingerprint density at radius 3 is 3.00 bits per heavy atom. The van der Waals surface area contributed by atoms with Crippen molar-refractivity contribution in [3.63, 3.8) is 0 Å². The molecule has 7 heteroatoms. The third-order valence-corrected chi connectivity index (χ3v) is 3.54. The lowest BCUT2D eigenvalue weighted by Gasteiger charge is -2.39. The topological polar surface area (TPSA) is 96.5 Å². The van der Waals surface area contributed by atoms with Gasteiger partial charge in [0.1, 0.15) is 18.0 Å². The number of aliphatic hydroxyl groups is 1.